The van der Waals surface area contributed by atoms with Crippen LogP contribution < -0.4 is 5.32 Å². The van der Waals surface area contributed by atoms with E-state index in [-0.39, 0.29) is 6.04 Å². The van der Waals surface area contributed by atoms with E-state index in [1.54, 1.807) is 6.20 Å². The Morgan fingerprint density at radius 2 is 2.19 bits per heavy atom. The molecule has 2 heterocycles. The summed E-state index contributed by atoms with van der Waals surface area (Å²) in [7, 11) is 0. The van der Waals surface area contributed by atoms with Crippen molar-refractivity contribution in [3.05, 3.63) is 53.7 Å². The van der Waals surface area contributed by atoms with Crippen molar-refractivity contribution >= 4 is 0 Å². The number of piperazine rings is 1. The Bertz CT molecular complexity index is 566. The van der Waals surface area contributed by atoms with E-state index < -0.39 is 0 Å². The zero-order chi connectivity index (χ0) is 14.7. The summed E-state index contributed by atoms with van der Waals surface area (Å²) in [6, 6.07) is 11.4. The van der Waals surface area contributed by atoms with E-state index in [0.29, 0.717) is 6.04 Å². The second-order valence-corrected chi connectivity index (χ2v) is 5.82. The number of aryl methyl sites for hydroxylation is 1. The topological polar surface area (TPSA) is 41.3 Å². The van der Waals surface area contributed by atoms with Crippen LogP contribution in [0.15, 0.2) is 40.9 Å². The Morgan fingerprint density at radius 3 is 2.90 bits per heavy atom. The molecule has 0 saturated carbocycles. The molecule has 1 aromatic heterocycles. The van der Waals surface area contributed by atoms with Gasteiger partial charge in [0.2, 0.25) is 5.89 Å². The first-order valence-corrected chi connectivity index (χ1v) is 7.66. The molecule has 0 spiro atoms. The van der Waals surface area contributed by atoms with Gasteiger partial charge in [-0.05, 0) is 25.8 Å². The Labute approximate surface area is 126 Å². The third-order valence-corrected chi connectivity index (χ3v) is 4.16. The third kappa shape index (κ3) is 3.52. The van der Waals surface area contributed by atoms with E-state index in [1.165, 1.54) is 5.56 Å². The van der Waals surface area contributed by atoms with E-state index in [1.807, 2.05) is 6.92 Å². The number of nitrogens with zero attached hydrogens (tertiary/aromatic N) is 2. The quantitative estimate of drug-likeness (QED) is 0.937. The average Bonchev–Trinajstić information content (AvgIpc) is 2.94. The van der Waals surface area contributed by atoms with Gasteiger partial charge in [0.05, 0.1) is 12.2 Å². The smallest absolute Gasteiger partial charge is 0.211 e. The molecule has 2 atom stereocenters. The highest BCUT2D eigenvalue weighted by atomic mass is 16.4. The molecule has 112 valence electrons. The number of hydrogen-bond acceptors (Lipinski definition) is 4. The number of nitrogens with one attached hydrogen (secondary N) is 1. The van der Waals surface area contributed by atoms with Crippen molar-refractivity contribution < 1.29 is 4.42 Å². The molecule has 1 aliphatic heterocycles. The fraction of sp³-hybridized carbons (Fsp3) is 0.471. The zero-order valence-corrected chi connectivity index (χ0v) is 12.7. The van der Waals surface area contributed by atoms with Crippen LogP contribution in [0.1, 0.15) is 30.2 Å². The highest BCUT2D eigenvalue weighted by Gasteiger charge is 2.26. The molecule has 21 heavy (non-hydrogen) atoms. The number of hydrogen-bond donors (Lipinski definition) is 1. The predicted octanol–water partition coefficient (Wildman–Crippen LogP) is 2.56. The lowest BCUT2D eigenvalue weighted by atomic mass is 10.0. The largest absolute Gasteiger partial charge is 0.444 e. The van der Waals surface area contributed by atoms with Crippen molar-refractivity contribution in [2.24, 2.45) is 0 Å². The SMILES string of the molecule is Cc1cnc(C(C)N2CCNC(Cc3ccccc3)C2)o1. The molecule has 1 aliphatic rings. The van der Waals surface area contributed by atoms with Crippen LogP contribution in [-0.4, -0.2) is 35.6 Å². The summed E-state index contributed by atoms with van der Waals surface area (Å²) in [6.07, 6.45) is 2.87. The van der Waals surface area contributed by atoms with E-state index in [0.717, 1.165) is 37.7 Å². The molecular formula is C17H23N3O. The molecule has 0 radical (unpaired) electrons. The highest BCUT2D eigenvalue weighted by molar-refractivity contribution is 5.16. The van der Waals surface area contributed by atoms with Gasteiger partial charge in [-0.25, -0.2) is 4.98 Å². The number of rotatable bonds is 4. The van der Waals surface area contributed by atoms with Crippen molar-refractivity contribution in [1.82, 2.24) is 15.2 Å². The maximum absolute atomic E-state index is 5.68. The van der Waals surface area contributed by atoms with Gasteiger partial charge in [-0.2, -0.15) is 0 Å². The van der Waals surface area contributed by atoms with Gasteiger partial charge in [0.15, 0.2) is 0 Å². The van der Waals surface area contributed by atoms with Gasteiger partial charge in [-0.3, -0.25) is 4.90 Å². The van der Waals surface area contributed by atoms with Crippen LogP contribution in [0.5, 0.6) is 0 Å². The summed E-state index contributed by atoms with van der Waals surface area (Å²) in [5.74, 6) is 1.71. The lowest BCUT2D eigenvalue weighted by Crippen LogP contribution is -2.52. The first-order chi connectivity index (χ1) is 10.2. The first-order valence-electron chi connectivity index (χ1n) is 7.66. The van der Waals surface area contributed by atoms with Crippen molar-refractivity contribution in [2.45, 2.75) is 32.4 Å². The van der Waals surface area contributed by atoms with Crippen LogP contribution in [0.3, 0.4) is 0 Å². The van der Waals surface area contributed by atoms with Crippen LogP contribution in [0, 0.1) is 6.92 Å². The van der Waals surface area contributed by atoms with Gasteiger partial charge in [0, 0.05) is 25.7 Å². The van der Waals surface area contributed by atoms with E-state index in [4.69, 9.17) is 4.42 Å². The molecule has 0 amide bonds. The lowest BCUT2D eigenvalue weighted by Gasteiger charge is -2.36. The molecule has 3 rings (SSSR count). The molecule has 1 saturated heterocycles. The third-order valence-electron chi connectivity index (χ3n) is 4.16. The van der Waals surface area contributed by atoms with Gasteiger partial charge < -0.3 is 9.73 Å². The summed E-state index contributed by atoms with van der Waals surface area (Å²) < 4.78 is 5.68. The molecule has 4 heteroatoms. The fourth-order valence-electron chi connectivity index (χ4n) is 2.96. The number of aromatic nitrogens is 1. The minimum Gasteiger partial charge on any atom is -0.444 e. The molecule has 1 N–H and O–H groups in total. The van der Waals surface area contributed by atoms with E-state index in [2.05, 4.69) is 52.5 Å². The second kappa shape index (κ2) is 6.41. The summed E-state index contributed by atoms with van der Waals surface area (Å²) >= 11 is 0. The Balaban J connectivity index is 1.63. The molecule has 1 aromatic carbocycles. The summed E-state index contributed by atoms with van der Waals surface area (Å²) in [4.78, 5) is 6.82. The molecule has 0 bridgehead atoms. The van der Waals surface area contributed by atoms with Crippen LogP contribution >= 0.6 is 0 Å². The minimum absolute atomic E-state index is 0.235. The Kier molecular flexibility index (Phi) is 4.36. The Morgan fingerprint density at radius 1 is 1.38 bits per heavy atom. The maximum atomic E-state index is 5.68. The summed E-state index contributed by atoms with van der Waals surface area (Å²) in [6.45, 7) is 7.20. The van der Waals surface area contributed by atoms with Gasteiger partial charge in [0.25, 0.3) is 0 Å². The fourth-order valence-corrected chi connectivity index (χ4v) is 2.96. The van der Waals surface area contributed by atoms with Gasteiger partial charge in [0.1, 0.15) is 5.76 Å². The Hall–Kier alpha value is -1.65. The standard InChI is InChI=1S/C17H23N3O/c1-13-11-19-17(21-13)14(2)20-9-8-18-16(12-20)10-15-6-4-3-5-7-15/h3-7,11,14,16,18H,8-10,12H2,1-2H3. The zero-order valence-electron chi connectivity index (χ0n) is 12.7. The van der Waals surface area contributed by atoms with Crippen molar-refractivity contribution in [1.29, 1.82) is 0 Å². The van der Waals surface area contributed by atoms with Crippen molar-refractivity contribution in [2.75, 3.05) is 19.6 Å². The van der Waals surface area contributed by atoms with Crippen molar-refractivity contribution in [3.63, 3.8) is 0 Å². The van der Waals surface area contributed by atoms with Gasteiger partial charge in [-0.1, -0.05) is 30.3 Å². The lowest BCUT2D eigenvalue weighted by molar-refractivity contribution is 0.134. The minimum atomic E-state index is 0.235. The van der Waals surface area contributed by atoms with Gasteiger partial charge in [-0.15, -0.1) is 0 Å². The highest BCUT2D eigenvalue weighted by Crippen LogP contribution is 2.21. The number of benzene rings is 1. The van der Waals surface area contributed by atoms with Crippen LogP contribution in [-0.2, 0) is 6.42 Å². The number of oxazole rings is 1. The van der Waals surface area contributed by atoms with Crippen LogP contribution in [0.25, 0.3) is 0 Å². The molecule has 2 unspecified atom stereocenters. The summed E-state index contributed by atoms with van der Waals surface area (Å²) in [5.41, 5.74) is 1.39. The monoisotopic (exact) mass is 285 g/mol. The normalized spacial score (nSPS) is 21.3. The molecule has 2 aromatic rings. The van der Waals surface area contributed by atoms with Crippen LogP contribution in [0.4, 0.5) is 0 Å². The molecule has 4 nitrogen and oxygen atoms in total. The second-order valence-electron chi connectivity index (χ2n) is 5.82. The average molecular weight is 285 g/mol. The maximum Gasteiger partial charge on any atom is 0.211 e. The molecule has 0 aliphatic carbocycles. The molecule has 1 fully saturated rings. The summed E-state index contributed by atoms with van der Waals surface area (Å²) in [5, 5.41) is 3.62. The van der Waals surface area contributed by atoms with Crippen molar-refractivity contribution in [3.8, 4) is 0 Å². The predicted molar refractivity (Wildman–Crippen MR) is 83.2 cm³/mol. The van der Waals surface area contributed by atoms with E-state index in [9.17, 15) is 0 Å². The van der Waals surface area contributed by atoms with E-state index >= 15 is 0 Å². The first kappa shape index (κ1) is 14.3. The molecular weight excluding hydrogens is 262 g/mol. The van der Waals surface area contributed by atoms with Crippen LogP contribution in [0.2, 0.25) is 0 Å². The van der Waals surface area contributed by atoms with Gasteiger partial charge >= 0.3 is 0 Å².